The van der Waals surface area contributed by atoms with Crippen LogP contribution in [-0.2, 0) is 0 Å². The van der Waals surface area contributed by atoms with Crippen molar-refractivity contribution in [2.45, 2.75) is 38.7 Å². The Kier molecular flexibility index (Phi) is 4.40. The Morgan fingerprint density at radius 1 is 1.36 bits per heavy atom. The Hall–Kier alpha value is -1.09. The van der Waals surface area contributed by atoms with Gasteiger partial charge in [0.15, 0.2) is 0 Å². The smallest absolute Gasteiger partial charge is 0.210 e. The Morgan fingerprint density at radius 2 is 2.14 bits per heavy atom. The van der Waals surface area contributed by atoms with Crippen LogP contribution in [0.15, 0.2) is 18.3 Å². The number of rotatable bonds is 5. The van der Waals surface area contributed by atoms with Crippen molar-refractivity contribution in [3.63, 3.8) is 0 Å². The zero-order valence-electron chi connectivity index (χ0n) is 8.48. The molecule has 0 aliphatic heterocycles. The number of aliphatic hydroxyl groups excluding tert-OH is 1. The summed E-state index contributed by atoms with van der Waals surface area (Å²) in [5.74, 6) is -0.00509. The minimum Gasteiger partial charge on any atom is -0.493 e. The Balaban J connectivity index is 2.43. The van der Waals surface area contributed by atoms with Crippen molar-refractivity contribution in [3.8, 4) is 5.88 Å². The number of aromatic hydroxyl groups is 1. The molecule has 3 heteroatoms. The van der Waals surface area contributed by atoms with E-state index in [0.717, 1.165) is 31.2 Å². The third kappa shape index (κ3) is 3.34. The van der Waals surface area contributed by atoms with E-state index < -0.39 is 6.10 Å². The molecule has 0 bridgehead atoms. The Labute approximate surface area is 84.4 Å². The molecule has 3 nitrogen and oxygen atoms in total. The van der Waals surface area contributed by atoms with Crippen LogP contribution < -0.4 is 0 Å². The van der Waals surface area contributed by atoms with Gasteiger partial charge in [-0.3, -0.25) is 0 Å². The molecule has 0 fully saturated rings. The quantitative estimate of drug-likeness (QED) is 0.709. The summed E-state index contributed by atoms with van der Waals surface area (Å²) in [7, 11) is 0. The van der Waals surface area contributed by atoms with Gasteiger partial charge in [-0.2, -0.15) is 0 Å². The van der Waals surface area contributed by atoms with Gasteiger partial charge in [-0.15, -0.1) is 0 Å². The van der Waals surface area contributed by atoms with Gasteiger partial charge in [-0.1, -0.05) is 26.2 Å². The van der Waals surface area contributed by atoms with Crippen molar-refractivity contribution in [2.75, 3.05) is 0 Å². The van der Waals surface area contributed by atoms with E-state index in [4.69, 9.17) is 5.11 Å². The van der Waals surface area contributed by atoms with E-state index in [1.165, 1.54) is 12.3 Å². The molecule has 1 atom stereocenters. The highest BCUT2D eigenvalue weighted by molar-refractivity contribution is 5.18. The molecule has 0 radical (unpaired) electrons. The van der Waals surface area contributed by atoms with Crippen molar-refractivity contribution in [1.29, 1.82) is 0 Å². The zero-order chi connectivity index (χ0) is 10.4. The molecule has 2 N–H and O–H groups in total. The predicted octanol–water partition coefficient (Wildman–Crippen LogP) is 2.40. The summed E-state index contributed by atoms with van der Waals surface area (Å²) >= 11 is 0. The first kappa shape index (κ1) is 11.0. The lowest BCUT2D eigenvalue weighted by Crippen LogP contribution is -1.97. The monoisotopic (exact) mass is 195 g/mol. The maximum absolute atomic E-state index is 9.72. The van der Waals surface area contributed by atoms with Crippen molar-refractivity contribution in [1.82, 2.24) is 4.98 Å². The predicted molar refractivity (Wildman–Crippen MR) is 55.0 cm³/mol. The molecular formula is C11H17NO2. The van der Waals surface area contributed by atoms with Gasteiger partial charge >= 0.3 is 0 Å². The van der Waals surface area contributed by atoms with Crippen LogP contribution in [0.25, 0.3) is 0 Å². The number of aromatic nitrogens is 1. The first-order valence-electron chi connectivity index (χ1n) is 5.07. The van der Waals surface area contributed by atoms with E-state index in [9.17, 15) is 5.11 Å². The maximum Gasteiger partial charge on any atom is 0.210 e. The second kappa shape index (κ2) is 5.60. The molecule has 1 aromatic rings. The van der Waals surface area contributed by atoms with Crippen LogP contribution >= 0.6 is 0 Å². The summed E-state index contributed by atoms with van der Waals surface area (Å²) < 4.78 is 0. The van der Waals surface area contributed by atoms with E-state index >= 15 is 0 Å². The molecule has 0 aliphatic carbocycles. The SMILES string of the molecule is CCCCCC(O)c1ccc(O)nc1. The number of hydrogen-bond acceptors (Lipinski definition) is 3. The average molecular weight is 195 g/mol. The van der Waals surface area contributed by atoms with Gasteiger partial charge in [0.2, 0.25) is 5.88 Å². The van der Waals surface area contributed by atoms with Crippen LogP contribution in [-0.4, -0.2) is 15.2 Å². The van der Waals surface area contributed by atoms with Crippen molar-refractivity contribution >= 4 is 0 Å². The lowest BCUT2D eigenvalue weighted by Gasteiger charge is -2.09. The van der Waals surface area contributed by atoms with Crippen LogP contribution in [0.2, 0.25) is 0 Å². The van der Waals surface area contributed by atoms with Crippen molar-refractivity contribution < 1.29 is 10.2 Å². The van der Waals surface area contributed by atoms with Gasteiger partial charge in [-0.25, -0.2) is 4.98 Å². The minimum absolute atomic E-state index is 0.00509. The van der Waals surface area contributed by atoms with Gasteiger partial charge in [0, 0.05) is 12.3 Å². The van der Waals surface area contributed by atoms with E-state index in [-0.39, 0.29) is 5.88 Å². The number of hydrogen-bond donors (Lipinski definition) is 2. The summed E-state index contributed by atoms with van der Waals surface area (Å²) in [5.41, 5.74) is 0.777. The molecule has 0 aromatic carbocycles. The van der Waals surface area contributed by atoms with Crippen molar-refractivity contribution in [3.05, 3.63) is 23.9 Å². The van der Waals surface area contributed by atoms with Crippen LogP contribution in [0.1, 0.15) is 44.3 Å². The highest BCUT2D eigenvalue weighted by atomic mass is 16.3. The standard InChI is InChI=1S/C11H17NO2/c1-2-3-4-5-10(13)9-6-7-11(14)12-8-9/h6-8,10,13H,2-5H2,1H3,(H,12,14). The highest BCUT2D eigenvalue weighted by Crippen LogP contribution is 2.19. The van der Waals surface area contributed by atoms with Crippen LogP contribution in [0.5, 0.6) is 5.88 Å². The third-order valence-corrected chi connectivity index (χ3v) is 2.24. The number of pyridine rings is 1. The number of aliphatic hydroxyl groups is 1. The summed E-state index contributed by atoms with van der Waals surface area (Å²) in [4.78, 5) is 3.72. The average Bonchev–Trinajstić information content (AvgIpc) is 2.19. The molecule has 0 saturated heterocycles. The molecule has 0 spiro atoms. The molecule has 1 heterocycles. The summed E-state index contributed by atoms with van der Waals surface area (Å²) in [5, 5.41) is 18.7. The summed E-state index contributed by atoms with van der Waals surface area (Å²) in [6.45, 7) is 2.13. The molecular weight excluding hydrogens is 178 g/mol. The Bertz CT molecular complexity index is 258. The second-order valence-corrected chi connectivity index (χ2v) is 3.46. The van der Waals surface area contributed by atoms with Gasteiger partial charge in [0.1, 0.15) is 0 Å². The second-order valence-electron chi connectivity index (χ2n) is 3.46. The van der Waals surface area contributed by atoms with E-state index in [0.29, 0.717) is 0 Å². The molecule has 78 valence electrons. The van der Waals surface area contributed by atoms with Crippen molar-refractivity contribution in [2.24, 2.45) is 0 Å². The summed E-state index contributed by atoms with van der Waals surface area (Å²) in [6, 6.07) is 3.21. The highest BCUT2D eigenvalue weighted by Gasteiger charge is 2.06. The molecule has 1 aromatic heterocycles. The third-order valence-electron chi connectivity index (χ3n) is 2.24. The van der Waals surface area contributed by atoms with Gasteiger partial charge in [0.05, 0.1) is 6.10 Å². The van der Waals surface area contributed by atoms with E-state index in [1.807, 2.05) is 0 Å². The number of nitrogens with zero attached hydrogens (tertiary/aromatic N) is 1. The fraction of sp³-hybridized carbons (Fsp3) is 0.545. The lowest BCUT2D eigenvalue weighted by molar-refractivity contribution is 0.163. The summed E-state index contributed by atoms with van der Waals surface area (Å²) in [6.07, 6.45) is 5.16. The van der Waals surface area contributed by atoms with E-state index in [1.54, 1.807) is 6.07 Å². The largest absolute Gasteiger partial charge is 0.493 e. The number of unbranched alkanes of at least 4 members (excludes halogenated alkanes) is 2. The fourth-order valence-electron chi connectivity index (χ4n) is 1.35. The van der Waals surface area contributed by atoms with Crippen LogP contribution in [0.3, 0.4) is 0 Å². The molecule has 0 saturated carbocycles. The van der Waals surface area contributed by atoms with Gasteiger partial charge in [-0.05, 0) is 18.1 Å². The van der Waals surface area contributed by atoms with E-state index in [2.05, 4.69) is 11.9 Å². The molecule has 14 heavy (non-hydrogen) atoms. The zero-order valence-corrected chi connectivity index (χ0v) is 8.48. The molecule has 1 unspecified atom stereocenters. The molecule has 1 rings (SSSR count). The lowest BCUT2D eigenvalue weighted by atomic mass is 10.1. The minimum atomic E-state index is -0.449. The van der Waals surface area contributed by atoms with Gasteiger partial charge < -0.3 is 10.2 Å². The van der Waals surface area contributed by atoms with Crippen LogP contribution in [0, 0.1) is 0 Å². The fourth-order valence-corrected chi connectivity index (χ4v) is 1.35. The topological polar surface area (TPSA) is 53.4 Å². The first-order chi connectivity index (χ1) is 6.74. The molecule has 0 aliphatic rings. The normalized spacial score (nSPS) is 12.7. The maximum atomic E-state index is 9.72. The Morgan fingerprint density at radius 3 is 2.71 bits per heavy atom. The first-order valence-corrected chi connectivity index (χ1v) is 5.07. The molecule has 0 amide bonds. The van der Waals surface area contributed by atoms with Crippen LogP contribution in [0.4, 0.5) is 0 Å². The van der Waals surface area contributed by atoms with Gasteiger partial charge in [0.25, 0.3) is 0 Å².